The van der Waals surface area contributed by atoms with Gasteiger partial charge in [-0.1, -0.05) is 42.5 Å². The molecule has 0 saturated carbocycles. The van der Waals surface area contributed by atoms with E-state index in [0.29, 0.717) is 19.3 Å². The molecule has 0 fully saturated rings. The number of ether oxygens (including phenoxy) is 1. The van der Waals surface area contributed by atoms with E-state index in [1.807, 2.05) is 60.7 Å². The molecule has 0 aliphatic rings. The topological polar surface area (TPSA) is 50.1 Å². The highest BCUT2D eigenvalue weighted by atomic mass is 16.5. The Morgan fingerprint density at radius 3 is 2.35 bits per heavy atom. The van der Waals surface area contributed by atoms with Gasteiger partial charge < -0.3 is 9.53 Å². The largest absolute Gasteiger partial charge is 0.489 e. The van der Waals surface area contributed by atoms with E-state index >= 15 is 0 Å². The van der Waals surface area contributed by atoms with Crippen molar-refractivity contribution in [2.75, 3.05) is 0 Å². The van der Waals surface area contributed by atoms with Crippen LogP contribution < -0.4 is 4.74 Å². The lowest BCUT2D eigenvalue weighted by atomic mass is 10.0. The first-order valence-electron chi connectivity index (χ1n) is 6.42. The molecule has 0 spiro atoms. The van der Waals surface area contributed by atoms with E-state index in [1.54, 1.807) is 0 Å². The van der Waals surface area contributed by atoms with Crippen molar-refractivity contribution in [3.8, 4) is 11.8 Å². The molecule has 0 saturated heterocycles. The molecular weight excluding hydrogens is 250 g/mol. The van der Waals surface area contributed by atoms with Gasteiger partial charge in [0.1, 0.15) is 24.6 Å². The van der Waals surface area contributed by atoms with Gasteiger partial charge in [0.05, 0.1) is 6.07 Å². The molecule has 3 heteroatoms. The number of hydrogen-bond acceptors (Lipinski definition) is 3. The summed E-state index contributed by atoms with van der Waals surface area (Å²) in [6.07, 6.45) is 1.12. The molecule has 100 valence electrons. The monoisotopic (exact) mass is 265 g/mol. The van der Waals surface area contributed by atoms with Crippen molar-refractivity contribution in [1.29, 1.82) is 5.26 Å². The lowest BCUT2D eigenvalue weighted by molar-refractivity contribution is -0.109. The van der Waals surface area contributed by atoms with E-state index in [2.05, 4.69) is 0 Å². The summed E-state index contributed by atoms with van der Waals surface area (Å²) in [5.41, 5.74) is 2.07. The van der Waals surface area contributed by atoms with Gasteiger partial charge in [0.25, 0.3) is 0 Å². The molecule has 0 radical (unpaired) electrons. The fraction of sp³-hybridized carbons (Fsp3) is 0.176. The van der Waals surface area contributed by atoms with Crippen LogP contribution in [-0.2, 0) is 17.8 Å². The predicted molar refractivity (Wildman–Crippen MR) is 76.1 cm³/mol. The third-order valence-corrected chi connectivity index (χ3v) is 2.96. The Labute approximate surface area is 118 Å². The van der Waals surface area contributed by atoms with Crippen molar-refractivity contribution in [3.05, 3.63) is 65.7 Å². The van der Waals surface area contributed by atoms with Crippen LogP contribution in [0.2, 0.25) is 0 Å². The van der Waals surface area contributed by atoms with Crippen LogP contribution in [0.3, 0.4) is 0 Å². The Bertz CT molecular complexity index is 585. The van der Waals surface area contributed by atoms with Gasteiger partial charge in [-0.25, -0.2) is 0 Å². The van der Waals surface area contributed by atoms with Crippen molar-refractivity contribution < 1.29 is 9.53 Å². The van der Waals surface area contributed by atoms with Gasteiger partial charge in [0.15, 0.2) is 0 Å². The van der Waals surface area contributed by atoms with Crippen LogP contribution in [0.5, 0.6) is 5.75 Å². The highest BCUT2D eigenvalue weighted by Crippen LogP contribution is 2.16. The van der Waals surface area contributed by atoms with E-state index < -0.39 is 5.92 Å². The van der Waals surface area contributed by atoms with Crippen molar-refractivity contribution in [3.63, 3.8) is 0 Å². The molecule has 0 heterocycles. The third-order valence-electron chi connectivity index (χ3n) is 2.96. The molecule has 3 nitrogen and oxygen atoms in total. The second-order valence-corrected chi connectivity index (χ2v) is 4.49. The third kappa shape index (κ3) is 3.96. The zero-order chi connectivity index (χ0) is 14.2. The molecule has 0 aliphatic carbocycles. The molecule has 2 aromatic carbocycles. The average molecular weight is 265 g/mol. The minimum atomic E-state index is -0.578. The van der Waals surface area contributed by atoms with Crippen LogP contribution in [0.1, 0.15) is 11.1 Å². The Balaban J connectivity index is 1.92. The quantitative estimate of drug-likeness (QED) is 0.754. The van der Waals surface area contributed by atoms with Gasteiger partial charge in [-0.3, -0.25) is 0 Å². The maximum Gasteiger partial charge on any atom is 0.137 e. The second-order valence-electron chi connectivity index (χ2n) is 4.49. The zero-order valence-electron chi connectivity index (χ0n) is 11.0. The Kier molecular flexibility index (Phi) is 4.91. The number of hydrogen-bond donors (Lipinski definition) is 0. The SMILES string of the molecule is N#CC(C=O)Cc1ccc(OCc2ccccc2)cc1. The van der Waals surface area contributed by atoms with Gasteiger partial charge in [0, 0.05) is 0 Å². The van der Waals surface area contributed by atoms with Crippen molar-refractivity contribution in [2.24, 2.45) is 5.92 Å². The van der Waals surface area contributed by atoms with Crippen LogP contribution in [0, 0.1) is 17.2 Å². The lowest BCUT2D eigenvalue weighted by Crippen LogP contribution is -2.02. The lowest BCUT2D eigenvalue weighted by Gasteiger charge is -2.07. The first kappa shape index (κ1) is 13.8. The smallest absolute Gasteiger partial charge is 0.137 e. The molecule has 2 aromatic rings. The number of aldehydes is 1. The highest BCUT2D eigenvalue weighted by molar-refractivity contribution is 5.58. The number of nitriles is 1. The summed E-state index contributed by atoms with van der Waals surface area (Å²) in [5.74, 6) is 0.198. The zero-order valence-corrected chi connectivity index (χ0v) is 11.0. The summed E-state index contributed by atoms with van der Waals surface area (Å²) in [7, 11) is 0. The van der Waals surface area contributed by atoms with Gasteiger partial charge in [-0.05, 0) is 29.7 Å². The van der Waals surface area contributed by atoms with E-state index in [4.69, 9.17) is 10.00 Å². The molecule has 2 rings (SSSR count). The molecule has 0 aromatic heterocycles. The minimum absolute atomic E-state index is 0.443. The second kappa shape index (κ2) is 7.10. The number of nitrogens with zero attached hydrogens (tertiary/aromatic N) is 1. The van der Waals surface area contributed by atoms with Crippen LogP contribution in [0.25, 0.3) is 0 Å². The summed E-state index contributed by atoms with van der Waals surface area (Å²) in [4.78, 5) is 10.6. The number of carbonyl (C=O) groups is 1. The highest BCUT2D eigenvalue weighted by Gasteiger charge is 2.06. The standard InChI is InChI=1S/C17H15NO2/c18-11-16(12-19)10-14-6-8-17(9-7-14)20-13-15-4-2-1-3-5-15/h1-9,12,16H,10,13H2. The van der Waals surface area contributed by atoms with Crippen molar-refractivity contribution in [1.82, 2.24) is 0 Å². The van der Waals surface area contributed by atoms with Crippen molar-refractivity contribution in [2.45, 2.75) is 13.0 Å². The van der Waals surface area contributed by atoms with Crippen LogP contribution in [0.4, 0.5) is 0 Å². The molecule has 1 unspecified atom stereocenters. The fourth-order valence-corrected chi connectivity index (χ4v) is 1.84. The number of carbonyl (C=O) groups excluding carboxylic acids is 1. The first-order chi connectivity index (χ1) is 9.81. The van der Waals surface area contributed by atoms with Gasteiger partial charge >= 0.3 is 0 Å². The maximum atomic E-state index is 10.6. The molecule has 0 bridgehead atoms. The average Bonchev–Trinajstić information content (AvgIpc) is 2.53. The number of rotatable bonds is 6. The van der Waals surface area contributed by atoms with Gasteiger partial charge in [-0.2, -0.15) is 5.26 Å². The molecule has 1 atom stereocenters. The van der Waals surface area contributed by atoms with E-state index in [-0.39, 0.29) is 0 Å². The summed E-state index contributed by atoms with van der Waals surface area (Å²) >= 11 is 0. The summed E-state index contributed by atoms with van der Waals surface area (Å²) in [5, 5.41) is 8.75. The van der Waals surface area contributed by atoms with E-state index in [1.165, 1.54) is 0 Å². The Morgan fingerprint density at radius 1 is 1.05 bits per heavy atom. The van der Waals surface area contributed by atoms with E-state index in [9.17, 15) is 4.79 Å². The molecular formula is C17H15NO2. The van der Waals surface area contributed by atoms with Gasteiger partial charge in [0.2, 0.25) is 0 Å². The molecule has 20 heavy (non-hydrogen) atoms. The molecule has 0 amide bonds. The van der Waals surface area contributed by atoms with Gasteiger partial charge in [-0.15, -0.1) is 0 Å². The van der Waals surface area contributed by atoms with Crippen LogP contribution >= 0.6 is 0 Å². The van der Waals surface area contributed by atoms with Crippen LogP contribution in [0.15, 0.2) is 54.6 Å². The Morgan fingerprint density at radius 2 is 1.75 bits per heavy atom. The Hall–Kier alpha value is -2.60. The fourth-order valence-electron chi connectivity index (χ4n) is 1.84. The molecule has 0 aliphatic heterocycles. The number of benzene rings is 2. The summed E-state index contributed by atoms with van der Waals surface area (Å²) in [6, 6.07) is 19.4. The normalized spacial score (nSPS) is 11.3. The van der Waals surface area contributed by atoms with E-state index in [0.717, 1.165) is 16.9 Å². The predicted octanol–water partition coefficient (Wildman–Crippen LogP) is 3.15. The van der Waals surface area contributed by atoms with Crippen LogP contribution in [-0.4, -0.2) is 6.29 Å². The van der Waals surface area contributed by atoms with Crippen molar-refractivity contribution >= 4 is 6.29 Å². The maximum absolute atomic E-state index is 10.6. The summed E-state index contributed by atoms with van der Waals surface area (Å²) in [6.45, 7) is 0.523. The molecule has 0 N–H and O–H groups in total. The summed E-state index contributed by atoms with van der Waals surface area (Å²) < 4.78 is 5.67. The first-order valence-corrected chi connectivity index (χ1v) is 6.42. The minimum Gasteiger partial charge on any atom is -0.489 e.